The number of aromatic nitrogens is 1. The Balaban J connectivity index is 1.39. The van der Waals surface area contributed by atoms with E-state index in [2.05, 4.69) is 82.7 Å². The van der Waals surface area contributed by atoms with Gasteiger partial charge in [-0.1, -0.05) is 78.4 Å². The van der Waals surface area contributed by atoms with Crippen molar-refractivity contribution in [1.82, 2.24) is 9.88 Å². The van der Waals surface area contributed by atoms with Crippen LogP contribution < -0.4 is 0 Å². The van der Waals surface area contributed by atoms with Crippen LogP contribution in [0.25, 0.3) is 23.8 Å². The van der Waals surface area contributed by atoms with Crippen LogP contribution in [0.4, 0.5) is 0 Å². The Hall–Kier alpha value is -3.23. The maximum Gasteiger partial charge on any atom is 0.0626 e. The first-order valence-electron chi connectivity index (χ1n) is 10.8. The van der Waals surface area contributed by atoms with Crippen LogP contribution in [0.1, 0.15) is 40.8 Å². The van der Waals surface area contributed by atoms with E-state index in [1.54, 1.807) is 5.57 Å². The first-order chi connectivity index (χ1) is 14.9. The third-order valence-corrected chi connectivity index (χ3v) is 6.06. The second-order valence-corrected chi connectivity index (χ2v) is 7.94. The van der Waals surface area contributed by atoms with E-state index < -0.39 is 0 Å². The molecule has 0 atom stereocenters. The van der Waals surface area contributed by atoms with Gasteiger partial charge in [0.15, 0.2) is 0 Å². The second kappa shape index (κ2) is 8.64. The summed E-state index contributed by atoms with van der Waals surface area (Å²) in [7, 11) is 0. The number of rotatable bonds is 3. The molecule has 2 aliphatic rings. The largest absolute Gasteiger partial charge is 0.299 e. The average Bonchev–Trinajstić information content (AvgIpc) is 2.97. The van der Waals surface area contributed by atoms with Gasteiger partial charge < -0.3 is 0 Å². The van der Waals surface area contributed by atoms with Gasteiger partial charge in [-0.05, 0) is 58.9 Å². The van der Waals surface area contributed by atoms with Gasteiger partial charge in [0.1, 0.15) is 0 Å². The molecule has 1 fully saturated rings. The fourth-order valence-electron chi connectivity index (χ4n) is 4.50. The molecule has 30 heavy (non-hydrogen) atoms. The second-order valence-electron chi connectivity index (χ2n) is 7.94. The average molecular weight is 391 g/mol. The summed E-state index contributed by atoms with van der Waals surface area (Å²) < 4.78 is 0. The van der Waals surface area contributed by atoms with Gasteiger partial charge in [-0.3, -0.25) is 9.88 Å². The van der Waals surface area contributed by atoms with E-state index in [0.29, 0.717) is 0 Å². The van der Waals surface area contributed by atoms with Crippen molar-refractivity contribution in [2.24, 2.45) is 0 Å². The molecule has 1 aliphatic heterocycles. The minimum absolute atomic E-state index is 0.980. The quantitative estimate of drug-likeness (QED) is 0.415. The molecule has 0 bridgehead atoms. The summed E-state index contributed by atoms with van der Waals surface area (Å²) >= 11 is 0. The minimum atomic E-state index is 0.980. The number of fused-ring (bicyclic) bond motifs is 2. The molecule has 5 rings (SSSR count). The van der Waals surface area contributed by atoms with Crippen LogP contribution in [0.3, 0.4) is 0 Å². The van der Waals surface area contributed by atoms with Crippen LogP contribution in [0, 0.1) is 0 Å². The zero-order valence-corrected chi connectivity index (χ0v) is 17.2. The lowest BCUT2D eigenvalue weighted by Crippen LogP contribution is -2.31. The fraction of sp³-hybridized carbons (Fsp3) is 0.179. The number of benzene rings is 2. The molecule has 3 aromatic rings. The normalized spacial score (nSPS) is 16.4. The molecule has 0 radical (unpaired) electrons. The Bertz CT molecular complexity index is 1060. The molecule has 0 unspecified atom stereocenters. The van der Waals surface area contributed by atoms with Crippen molar-refractivity contribution in [3.63, 3.8) is 0 Å². The van der Waals surface area contributed by atoms with Crippen molar-refractivity contribution >= 4 is 23.8 Å². The van der Waals surface area contributed by atoms with E-state index in [-0.39, 0.29) is 0 Å². The van der Waals surface area contributed by atoms with Gasteiger partial charge in [0.25, 0.3) is 0 Å². The third-order valence-electron chi connectivity index (χ3n) is 6.06. The summed E-state index contributed by atoms with van der Waals surface area (Å²) in [6, 6.07) is 23.7. The van der Waals surface area contributed by atoms with E-state index in [4.69, 9.17) is 0 Å². The van der Waals surface area contributed by atoms with Gasteiger partial charge in [-0.2, -0.15) is 0 Å². The van der Waals surface area contributed by atoms with Crippen LogP contribution in [0.15, 0.2) is 84.6 Å². The molecule has 2 heterocycles. The van der Waals surface area contributed by atoms with Crippen molar-refractivity contribution in [2.75, 3.05) is 19.6 Å². The number of hydrogen-bond donors (Lipinski definition) is 0. The van der Waals surface area contributed by atoms with Gasteiger partial charge in [-0.15, -0.1) is 0 Å². The molecule has 0 amide bonds. The summed E-state index contributed by atoms with van der Waals surface area (Å²) in [4.78, 5) is 6.91. The van der Waals surface area contributed by atoms with Crippen molar-refractivity contribution in [3.05, 3.63) is 113 Å². The van der Waals surface area contributed by atoms with Gasteiger partial charge in [0.05, 0.1) is 5.69 Å². The molecule has 148 valence electrons. The molecule has 1 aliphatic carbocycles. The predicted octanol–water partition coefficient (Wildman–Crippen LogP) is 6.18. The lowest BCUT2D eigenvalue weighted by Gasteiger charge is -2.29. The summed E-state index contributed by atoms with van der Waals surface area (Å²) in [6.07, 6.45) is 13.0. The number of nitrogens with zero attached hydrogens (tertiary/aromatic N) is 2. The summed E-state index contributed by atoms with van der Waals surface area (Å²) in [6.45, 7) is 3.18. The molecular formula is C28H26N2. The molecule has 1 saturated heterocycles. The Morgan fingerprint density at radius 2 is 1.40 bits per heavy atom. The number of piperidine rings is 1. The molecule has 1 aromatic heterocycles. The lowest BCUT2D eigenvalue weighted by molar-refractivity contribution is 0.284. The van der Waals surface area contributed by atoms with Gasteiger partial charge >= 0.3 is 0 Å². The van der Waals surface area contributed by atoms with E-state index in [1.807, 2.05) is 24.4 Å². The van der Waals surface area contributed by atoms with Crippen LogP contribution in [0.2, 0.25) is 0 Å². The molecule has 0 N–H and O–H groups in total. The standard InChI is InChI=1S/C28H26N2/c1-3-12-26-22(8-1)14-15-23-9-2-4-13-27(23)28(26)24-16-20-30(21-17-24)19-7-11-25-10-5-6-18-29-25/h1-15,18H,16-17,19-21H2/b11-7+. The number of likely N-dealkylation sites (tertiary alicyclic amines) is 1. The molecule has 2 nitrogen and oxygen atoms in total. The van der Waals surface area contributed by atoms with Crippen LogP contribution >= 0.6 is 0 Å². The van der Waals surface area contributed by atoms with Gasteiger partial charge in [0.2, 0.25) is 0 Å². The SMILES string of the molecule is C1=Cc2ccccc2C(=C2CCN(C/C=C/c3ccccn3)CC2)c2ccccc21. The number of pyridine rings is 1. The van der Waals surface area contributed by atoms with Crippen molar-refractivity contribution in [1.29, 1.82) is 0 Å². The van der Waals surface area contributed by atoms with E-state index >= 15 is 0 Å². The minimum Gasteiger partial charge on any atom is -0.299 e. The molecule has 2 heteroatoms. The maximum atomic E-state index is 4.37. The highest BCUT2D eigenvalue weighted by atomic mass is 15.1. The zero-order chi connectivity index (χ0) is 20.2. The first-order valence-corrected chi connectivity index (χ1v) is 10.8. The Labute approximate surface area is 178 Å². The monoisotopic (exact) mass is 390 g/mol. The number of hydrogen-bond acceptors (Lipinski definition) is 2. The van der Waals surface area contributed by atoms with Crippen molar-refractivity contribution in [3.8, 4) is 0 Å². The first kappa shape index (κ1) is 18.8. The summed E-state index contributed by atoms with van der Waals surface area (Å²) in [5.41, 5.74) is 9.44. The maximum absolute atomic E-state index is 4.37. The topological polar surface area (TPSA) is 16.1 Å². The predicted molar refractivity (Wildman–Crippen MR) is 127 cm³/mol. The zero-order valence-electron chi connectivity index (χ0n) is 17.2. The Kier molecular flexibility index (Phi) is 5.41. The molecule has 0 spiro atoms. The highest BCUT2D eigenvalue weighted by Crippen LogP contribution is 2.38. The van der Waals surface area contributed by atoms with Crippen molar-refractivity contribution < 1.29 is 0 Å². The van der Waals surface area contributed by atoms with E-state index in [1.165, 1.54) is 27.8 Å². The fourth-order valence-corrected chi connectivity index (χ4v) is 4.50. The summed E-state index contributed by atoms with van der Waals surface area (Å²) in [5, 5.41) is 0. The lowest BCUT2D eigenvalue weighted by atomic mass is 9.86. The van der Waals surface area contributed by atoms with Crippen LogP contribution in [0.5, 0.6) is 0 Å². The molecule has 2 aromatic carbocycles. The van der Waals surface area contributed by atoms with Crippen molar-refractivity contribution in [2.45, 2.75) is 12.8 Å². The smallest absolute Gasteiger partial charge is 0.0626 e. The van der Waals surface area contributed by atoms with Gasteiger partial charge in [0, 0.05) is 25.8 Å². The highest BCUT2D eigenvalue weighted by Gasteiger charge is 2.21. The Morgan fingerprint density at radius 3 is 2.03 bits per heavy atom. The molecule has 0 saturated carbocycles. The molecular weight excluding hydrogens is 364 g/mol. The third kappa shape index (κ3) is 3.92. The van der Waals surface area contributed by atoms with Gasteiger partial charge in [-0.25, -0.2) is 0 Å². The van der Waals surface area contributed by atoms with E-state index in [9.17, 15) is 0 Å². The summed E-state index contributed by atoms with van der Waals surface area (Å²) in [5.74, 6) is 0. The Morgan fingerprint density at radius 1 is 0.767 bits per heavy atom. The highest BCUT2D eigenvalue weighted by molar-refractivity contribution is 5.94. The van der Waals surface area contributed by atoms with Crippen LogP contribution in [-0.4, -0.2) is 29.5 Å². The van der Waals surface area contributed by atoms with E-state index in [0.717, 1.165) is 38.2 Å². The van der Waals surface area contributed by atoms with Crippen LogP contribution in [-0.2, 0) is 0 Å².